The molecule has 0 bridgehead atoms. The molecule has 1 aliphatic rings. The molecule has 7 nitrogen and oxygen atoms in total. The van der Waals surface area contributed by atoms with Crippen LogP contribution in [0.5, 0.6) is 0 Å². The molecule has 0 spiro atoms. The summed E-state index contributed by atoms with van der Waals surface area (Å²) in [6.45, 7) is 0. The molecule has 3 N–H and O–H groups in total. The summed E-state index contributed by atoms with van der Waals surface area (Å²) in [6, 6.07) is 12.0. The van der Waals surface area contributed by atoms with E-state index in [0.29, 0.717) is 24.0 Å². The van der Waals surface area contributed by atoms with E-state index in [2.05, 4.69) is 14.8 Å². The van der Waals surface area contributed by atoms with Crippen LogP contribution in [0.1, 0.15) is 12.8 Å². The standard InChI is InChI=1S/C22H20F3N3O4S2/c1-33(29,30)27-18-5-3-2-4-15(18)13-6-10-19(17(24)12-13)26-22-20(11-9-16(23)21(22)25)28-34(31,32)14-7-8-14/h2-6,9-12,14,26-28H,7-8H2,1H3. The van der Waals surface area contributed by atoms with Gasteiger partial charge in [0.25, 0.3) is 0 Å². The van der Waals surface area contributed by atoms with Gasteiger partial charge in [-0.2, -0.15) is 0 Å². The summed E-state index contributed by atoms with van der Waals surface area (Å²) in [4.78, 5) is 0. The molecule has 0 aromatic heterocycles. The number of rotatable bonds is 8. The minimum atomic E-state index is -3.79. The number of anilines is 4. The Bertz CT molecular complexity index is 1470. The molecular formula is C22H20F3N3O4S2. The molecule has 1 fully saturated rings. The lowest BCUT2D eigenvalue weighted by Gasteiger charge is -2.16. The Morgan fingerprint density at radius 2 is 1.47 bits per heavy atom. The van der Waals surface area contributed by atoms with Gasteiger partial charge in [0, 0.05) is 5.56 Å². The van der Waals surface area contributed by atoms with Crippen molar-refractivity contribution >= 4 is 42.8 Å². The second kappa shape index (κ2) is 8.84. The van der Waals surface area contributed by atoms with E-state index in [1.807, 2.05) is 0 Å². The van der Waals surface area contributed by atoms with E-state index in [4.69, 9.17) is 0 Å². The van der Waals surface area contributed by atoms with E-state index >= 15 is 0 Å². The third-order valence-corrected chi connectivity index (χ3v) is 7.52. The SMILES string of the molecule is CS(=O)(=O)Nc1ccccc1-c1ccc(Nc2c(NS(=O)(=O)C3CC3)ccc(F)c2F)c(F)c1. The van der Waals surface area contributed by atoms with Gasteiger partial charge in [0.15, 0.2) is 11.6 Å². The molecule has 4 rings (SSSR count). The molecule has 12 heteroatoms. The highest BCUT2D eigenvalue weighted by molar-refractivity contribution is 7.93. The number of halogens is 3. The highest BCUT2D eigenvalue weighted by Gasteiger charge is 2.36. The lowest BCUT2D eigenvalue weighted by atomic mass is 10.0. The van der Waals surface area contributed by atoms with E-state index in [0.717, 1.165) is 24.5 Å². The third-order valence-electron chi connectivity index (χ3n) is 5.07. The molecule has 0 aliphatic heterocycles. The van der Waals surface area contributed by atoms with Gasteiger partial charge in [-0.25, -0.2) is 30.0 Å². The maximum absolute atomic E-state index is 15.0. The predicted octanol–water partition coefficient (Wildman–Crippen LogP) is 4.79. The Labute approximate surface area is 195 Å². The Balaban J connectivity index is 1.68. The summed E-state index contributed by atoms with van der Waals surface area (Å²) in [6.07, 6.45) is 1.92. The summed E-state index contributed by atoms with van der Waals surface area (Å²) < 4.78 is 95.9. The van der Waals surface area contributed by atoms with Crippen LogP contribution in [0.4, 0.5) is 35.9 Å². The fraction of sp³-hybridized carbons (Fsp3) is 0.182. The Kier molecular flexibility index (Phi) is 6.21. The van der Waals surface area contributed by atoms with Crippen molar-refractivity contribution in [2.75, 3.05) is 21.0 Å². The summed E-state index contributed by atoms with van der Waals surface area (Å²) in [7, 11) is -7.37. The second-order valence-electron chi connectivity index (χ2n) is 7.87. The smallest absolute Gasteiger partial charge is 0.235 e. The molecule has 3 aromatic rings. The molecule has 1 saturated carbocycles. The van der Waals surface area contributed by atoms with Crippen LogP contribution in [0.15, 0.2) is 54.6 Å². The number of hydrogen-bond donors (Lipinski definition) is 3. The summed E-state index contributed by atoms with van der Waals surface area (Å²) >= 11 is 0. The van der Waals surface area contributed by atoms with Gasteiger partial charge >= 0.3 is 0 Å². The Hall–Kier alpha value is -3.25. The average molecular weight is 512 g/mol. The lowest BCUT2D eigenvalue weighted by molar-refractivity contribution is 0.512. The van der Waals surface area contributed by atoms with Gasteiger partial charge in [-0.05, 0) is 48.7 Å². The van der Waals surface area contributed by atoms with Gasteiger partial charge in [0.2, 0.25) is 20.0 Å². The molecule has 0 saturated heterocycles. The highest BCUT2D eigenvalue weighted by Crippen LogP contribution is 2.37. The first-order valence-electron chi connectivity index (χ1n) is 10.1. The predicted molar refractivity (Wildman–Crippen MR) is 126 cm³/mol. The van der Waals surface area contributed by atoms with Crippen molar-refractivity contribution in [3.63, 3.8) is 0 Å². The van der Waals surface area contributed by atoms with Crippen molar-refractivity contribution in [1.29, 1.82) is 0 Å². The van der Waals surface area contributed by atoms with Crippen LogP contribution in [0, 0.1) is 17.5 Å². The zero-order chi connectivity index (χ0) is 24.7. The maximum Gasteiger partial charge on any atom is 0.235 e. The fourth-order valence-electron chi connectivity index (χ4n) is 3.32. The Morgan fingerprint density at radius 1 is 0.794 bits per heavy atom. The normalized spacial score (nSPS) is 14.0. The van der Waals surface area contributed by atoms with Gasteiger partial charge in [-0.15, -0.1) is 0 Å². The first-order valence-corrected chi connectivity index (χ1v) is 13.5. The number of nitrogens with one attached hydrogen (secondary N) is 3. The molecule has 0 unspecified atom stereocenters. The zero-order valence-electron chi connectivity index (χ0n) is 17.8. The monoisotopic (exact) mass is 511 g/mol. The van der Waals surface area contributed by atoms with Crippen LogP contribution < -0.4 is 14.8 Å². The van der Waals surface area contributed by atoms with Crippen LogP contribution in [0.2, 0.25) is 0 Å². The number of benzene rings is 3. The van der Waals surface area contributed by atoms with Crippen LogP contribution in [-0.2, 0) is 20.0 Å². The molecule has 180 valence electrons. The van der Waals surface area contributed by atoms with Crippen LogP contribution in [-0.4, -0.2) is 28.3 Å². The second-order valence-corrected chi connectivity index (χ2v) is 11.6. The zero-order valence-corrected chi connectivity index (χ0v) is 19.4. The van der Waals surface area contributed by atoms with E-state index in [1.54, 1.807) is 18.2 Å². The average Bonchev–Trinajstić information content (AvgIpc) is 3.60. The van der Waals surface area contributed by atoms with Crippen LogP contribution >= 0.6 is 0 Å². The summed E-state index contributed by atoms with van der Waals surface area (Å²) in [5.41, 5.74) is -0.101. The Morgan fingerprint density at radius 3 is 2.12 bits per heavy atom. The van der Waals surface area contributed by atoms with Gasteiger partial charge < -0.3 is 5.32 Å². The van der Waals surface area contributed by atoms with E-state index < -0.39 is 48.4 Å². The van der Waals surface area contributed by atoms with Crippen LogP contribution in [0.3, 0.4) is 0 Å². The number of sulfonamides is 2. The lowest BCUT2D eigenvalue weighted by Crippen LogP contribution is -2.18. The minimum absolute atomic E-state index is 0.234. The first kappa shape index (κ1) is 23.9. The van der Waals surface area contributed by atoms with Gasteiger partial charge in [-0.1, -0.05) is 24.3 Å². The third kappa shape index (κ3) is 5.28. The van der Waals surface area contributed by atoms with Gasteiger partial charge in [-0.3, -0.25) is 9.44 Å². The highest BCUT2D eigenvalue weighted by atomic mass is 32.2. The molecular weight excluding hydrogens is 491 g/mol. The summed E-state index contributed by atoms with van der Waals surface area (Å²) in [5, 5.41) is 1.83. The van der Waals surface area contributed by atoms with Crippen molar-refractivity contribution in [1.82, 2.24) is 0 Å². The summed E-state index contributed by atoms with van der Waals surface area (Å²) in [5.74, 6) is -3.47. The molecule has 1 aliphatic carbocycles. The molecule has 0 atom stereocenters. The topological polar surface area (TPSA) is 104 Å². The van der Waals surface area contributed by atoms with E-state index in [-0.39, 0.29) is 17.1 Å². The first-order chi connectivity index (χ1) is 15.9. The van der Waals surface area contributed by atoms with Crippen molar-refractivity contribution < 1.29 is 30.0 Å². The van der Waals surface area contributed by atoms with Gasteiger partial charge in [0.1, 0.15) is 11.5 Å². The van der Waals surface area contributed by atoms with Gasteiger partial charge in [0.05, 0.1) is 28.6 Å². The van der Waals surface area contributed by atoms with Crippen molar-refractivity contribution in [3.05, 3.63) is 72.0 Å². The van der Waals surface area contributed by atoms with Crippen molar-refractivity contribution in [2.45, 2.75) is 18.1 Å². The van der Waals surface area contributed by atoms with E-state index in [9.17, 15) is 30.0 Å². The van der Waals surface area contributed by atoms with E-state index in [1.165, 1.54) is 18.2 Å². The number of para-hydroxylation sites is 1. The largest absolute Gasteiger partial charge is 0.349 e. The van der Waals surface area contributed by atoms with Crippen molar-refractivity contribution in [3.8, 4) is 11.1 Å². The molecule has 3 aromatic carbocycles. The molecule has 0 heterocycles. The minimum Gasteiger partial charge on any atom is -0.349 e. The maximum atomic E-state index is 15.0. The van der Waals surface area contributed by atoms with Crippen LogP contribution in [0.25, 0.3) is 11.1 Å². The quantitative estimate of drug-likeness (QED) is 0.403. The molecule has 0 amide bonds. The molecule has 0 radical (unpaired) electrons. The van der Waals surface area contributed by atoms with Crippen molar-refractivity contribution in [2.24, 2.45) is 0 Å². The number of hydrogen-bond acceptors (Lipinski definition) is 5. The molecule has 34 heavy (non-hydrogen) atoms. The fourth-order valence-corrected chi connectivity index (χ4v) is 5.29.